The molecule has 0 spiro atoms. The molecule has 6 rings (SSSR count). The van der Waals surface area contributed by atoms with Crippen LogP contribution in [-0.2, 0) is 4.74 Å². The number of imidazole rings is 1. The van der Waals surface area contributed by atoms with Crippen molar-refractivity contribution in [2.45, 2.75) is 50.7 Å². The molecule has 0 amide bonds. The van der Waals surface area contributed by atoms with Gasteiger partial charge in [0.1, 0.15) is 12.0 Å². The molecule has 11 heteroatoms. The number of aromatic nitrogens is 4. The summed E-state index contributed by atoms with van der Waals surface area (Å²) in [6, 6.07) is 9.12. The lowest BCUT2D eigenvalue weighted by molar-refractivity contribution is 0.121. The maximum atomic E-state index is 14.1. The van der Waals surface area contributed by atoms with Gasteiger partial charge in [0.25, 0.3) is 6.43 Å². The van der Waals surface area contributed by atoms with E-state index in [1.165, 1.54) is 4.57 Å². The van der Waals surface area contributed by atoms with Crippen LogP contribution in [0.15, 0.2) is 30.3 Å². The van der Waals surface area contributed by atoms with Crippen molar-refractivity contribution in [1.82, 2.24) is 24.4 Å². The summed E-state index contributed by atoms with van der Waals surface area (Å²) in [5, 5.41) is 0. The second-order valence-corrected chi connectivity index (χ2v) is 10.4. The SMILES string of the molecule is FC(F)c1nc2ccccc2n1-c1cc(OCC2CCC(N3CC[C@H](F)C3)CC2)nc(N2CCOCC2)n1. The summed E-state index contributed by atoms with van der Waals surface area (Å²) in [6.07, 6.45) is 1.27. The van der Waals surface area contributed by atoms with E-state index in [-0.39, 0.29) is 5.82 Å². The van der Waals surface area contributed by atoms with Crippen LogP contribution in [0.1, 0.15) is 44.4 Å². The fourth-order valence-electron chi connectivity index (χ4n) is 5.88. The number of rotatable bonds is 7. The highest BCUT2D eigenvalue weighted by atomic mass is 19.3. The Morgan fingerprint density at radius 1 is 0.974 bits per heavy atom. The monoisotopic (exact) mass is 530 g/mol. The van der Waals surface area contributed by atoms with Crippen LogP contribution < -0.4 is 9.64 Å². The van der Waals surface area contributed by atoms with Crippen molar-refractivity contribution in [2.75, 3.05) is 50.9 Å². The van der Waals surface area contributed by atoms with Crippen LogP contribution in [0.5, 0.6) is 5.88 Å². The van der Waals surface area contributed by atoms with Crippen molar-refractivity contribution in [3.8, 4) is 11.7 Å². The molecule has 1 aromatic carbocycles. The van der Waals surface area contributed by atoms with E-state index in [4.69, 9.17) is 9.47 Å². The van der Waals surface area contributed by atoms with Crippen LogP contribution in [0, 0.1) is 5.92 Å². The maximum absolute atomic E-state index is 14.1. The third-order valence-electron chi connectivity index (χ3n) is 7.94. The Balaban J connectivity index is 1.24. The molecule has 2 aromatic heterocycles. The summed E-state index contributed by atoms with van der Waals surface area (Å²) in [6.45, 7) is 4.20. The van der Waals surface area contributed by atoms with Crippen LogP contribution in [0.2, 0.25) is 0 Å². The number of fused-ring (bicyclic) bond motifs is 1. The van der Waals surface area contributed by atoms with E-state index >= 15 is 0 Å². The summed E-state index contributed by atoms with van der Waals surface area (Å²) in [4.78, 5) is 17.8. The summed E-state index contributed by atoms with van der Waals surface area (Å²) < 4.78 is 54.8. The van der Waals surface area contributed by atoms with Gasteiger partial charge >= 0.3 is 0 Å². The molecule has 0 N–H and O–H groups in total. The van der Waals surface area contributed by atoms with E-state index in [9.17, 15) is 13.2 Å². The number of likely N-dealkylation sites (tertiary alicyclic amines) is 1. The summed E-state index contributed by atoms with van der Waals surface area (Å²) >= 11 is 0. The van der Waals surface area contributed by atoms with Crippen molar-refractivity contribution in [3.63, 3.8) is 0 Å². The van der Waals surface area contributed by atoms with Crippen molar-refractivity contribution in [3.05, 3.63) is 36.2 Å². The van der Waals surface area contributed by atoms with E-state index in [2.05, 4.69) is 19.9 Å². The van der Waals surface area contributed by atoms with Crippen molar-refractivity contribution in [2.24, 2.45) is 5.92 Å². The molecule has 1 saturated carbocycles. The van der Waals surface area contributed by atoms with Gasteiger partial charge in [0.15, 0.2) is 5.82 Å². The molecule has 3 aliphatic rings. The third kappa shape index (κ3) is 5.31. The highest BCUT2D eigenvalue weighted by Gasteiger charge is 2.31. The average Bonchev–Trinajstić information content (AvgIpc) is 3.56. The molecule has 8 nitrogen and oxygen atoms in total. The second kappa shape index (κ2) is 11.1. The lowest BCUT2D eigenvalue weighted by atomic mass is 9.86. The first-order chi connectivity index (χ1) is 18.5. The Morgan fingerprint density at radius 2 is 1.76 bits per heavy atom. The first kappa shape index (κ1) is 25.4. The minimum Gasteiger partial charge on any atom is -0.477 e. The highest BCUT2D eigenvalue weighted by Crippen LogP contribution is 2.32. The molecule has 1 atom stereocenters. The van der Waals surface area contributed by atoms with Crippen LogP contribution in [0.25, 0.3) is 16.9 Å². The third-order valence-corrected chi connectivity index (χ3v) is 7.94. The number of nitrogens with zero attached hydrogens (tertiary/aromatic N) is 6. The molecule has 38 heavy (non-hydrogen) atoms. The van der Waals surface area contributed by atoms with Gasteiger partial charge in [-0.3, -0.25) is 9.47 Å². The van der Waals surface area contributed by atoms with Gasteiger partial charge in [0.05, 0.1) is 30.9 Å². The first-order valence-electron chi connectivity index (χ1n) is 13.5. The van der Waals surface area contributed by atoms with Crippen molar-refractivity contribution < 1.29 is 22.6 Å². The summed E-state index contributed by atoms with van der Waals surface area (Å²) in [7, 11) is 0. The minimum atomic E-state index is -2.77. The minimum absolute atomic E-state index is 0.305. The molecule has 3 fully saturated rings. The van der Waals surface area contributed by atoms with Gasteiger partial charge in [-0.25, -0.2) is 18.2 Å². The summed E-state index contributed by atoms with van der Waals surface area (Å²) in [5.74, 6) is 1.10. The van der Waals surface area contributed by atoms with Gasteiger partial charge < -0.3 is 14.4 Å². The van der Waals surface area contributed by atoms with Crippen molar-refractivity contribution >= 4 is 17.0 Å². The number of hydrogen-bond donors (Lipinski definition) is 0. The standard InChI is InChI=1S/C27H33F3N6O2/c28-19-9-10-35(16-19)20-7-5-18(6-8-20)17-38-24-15-23(32-27(33-24)34-11-13-37-14-12-34)36-22-4-2-1-3-21(22)31-26(36)25(29)30/h1-4,15,18-20,25H,5-14,16-17H2/t18?,19-,20?/m0/s1. The number of anilines is 1. The molecule has 1 aliphatic carbocycles. The Kier molecular flexibility index (Phi) is 7.38. The Labute approximate surface area is 219 Å². The molecule has 4 heterocycles. The predicted octanol–water partition coefficient (Wildman–Crippen LogP) is 4.57. The Hall–Kier alpha value is -2.92. The normalized spacial score (nSPS) is 24.9. The number of alkyl halides is 3. The van der Waals surface area contributed by atoms with E-state index in [0.717, 1.165) is 32.2 Å². The van der Waals surface area contributed by atoms with E-state index in [1.807, 2.05) is 4.90 Å². The summed E-state index contributed by atoms with van der Waals surface area (Å²) in [5.41, 5.74) is 1.03. The van der Waals surface area contributed by atoms with E-state index in [1.54, 1.807) is 30.3 Å². The van der Waals surface area contributed by atoms with Gasteiger partial charge in [0, 0.05) is 38.3 Å². The average molecular weight is 531 g/mol. The topological polar surface area (TPSA) is 68.5 Å². The number of hydrogen-bond acceptors (Lipinski definition) is 7. The highest BCUT2D eigenvalue weighted by molar-refractivity contribution is 5.78. The predicted molar refractivity (Wildman–Crippen MR) is 137 cm³/mol. The van der Waals surface area contributed by atoms with Crippen molar-refractivity contribution in [1.29, 1.82) is 0 Å². The van der Waals surface area contributed by atoms with E-state index in [0.29, 0.717) is 86.5 Å². The van der Waals surface area contributed by atoms with Gasteiger partial charge in [0.2, 0.25) is 11.8 Å². The van der Waals surface area contributed by atoms with Gasteiger partial charge in [-0.1, -0.05) is 12.1 Å². The zero-order valence-corrected chi connectivity index (χ0v) is 21.3. The second-order valence-electron chi connectivity index (χ2n) is 10.4. The Morgan fingerprint density at radius 3 is 2.50 bits per heavy atom. The lowest BCUT2D eigenvalue weighted by Crippen LogP contribution is -2.38. The van der Waals surface area contributed by atoms with Gasteiger partial charge in [-0.15, -0.1) is 0 Å². The van der Waals surface area contributed by atoms with Crippen LogP contribution in [-0.4, -0.2) is 82.6 Å². The molecule has 0 unspecified atom stereocenters. The molecule has 204 valence electrons. The first-order valence-corrected chi connectivity index (χ1v) is 13.5. The number of morpholine rings is 1. The molecule has 2 aliphatic heterocycles. The Bertz CT molecular complexity index is 1240. The molecular weight excluding hydrogens is 497 g/mol. The van der Waals surface area contributed by atoms with E-state index < -0.39 is 12.6 Å². The van der Waals surface area contributed by atoms with Gasteiger partial charge in [-0.2, -0.15) is 9.97 Å². The number of halogens is 3. The smallest absolute Gasteiger partial charge is 0.296 e. The van der Waals surface area contributed by atoms with Crippen LogP contribution >= 0.6 is 0 Å². The number of benzene rings is 1. The largest absolute Gasteiger partial charge is 0.477 e. The molecule has 0 radical (unpaired) electrons. The quantitative estimate of drug-likeness (QED) is 0.443. The fourth-order valence-corrected chi connectivity index (χ4v) is 5.88. The van der Waals surface area contributed by atoms with Crippen LogP contribution in [0.4, 0.5) is 19.1 Å². The van der Waals surface area contributed by atoms with Gasteiger partial charge in [-0.05, 0) is 50.2 Å². The number of para-hydroxylation sites is 2. The molecule has 2 saturated heterocycles. The zero-order chi connectivity index (χ0) is 26.1. The lowest BCUT2D eigenvalue weighted by Gasteiger charge is -2.34. The van der Waals surface area contributed by atoms with Crippen LogP contribution in [0.3, 0.4) is 0 Å². The maximum Gasteiger partial charge on any atom is 0.296 e. The molecule has 3 aromatic rings. The fraction of sp³-hybridized carbons (Fsp3) is 0.593. The molecule has 0 bridgehead atoms. The number of ether oxygens (including phenoxy) is 2. The zero-order valence-electron chi connectivity index (χ0n) is 21.3. The molecular formula is C27H33F3N6O2.